The van der Waals surface area contributed by atoms with Crippen LogP contribution < -0.4 is 0 Å². The SMILES string of the molecule is C=CC(C)(CCC=C(C)C)C(C)(C=C)CCC=C(C)C. The largest absolute Gasteiger partial charge is 0.103 e. The standard InChI is InChI=1S/C20H34/c1-9-19(7,15-11-13-17(3)4)20(8,10-2)16-12-14-18(5)6/h9-10,13-14H,1-2,11-12,15-16H2,3-8H3. The van der Waals surface area contributed by atoms with E-state index in [9.17, 15) is 0 Å². The highest BCUT2D eigenvalue weighted by Crippen LogP contribution is 2.48. The highest BCUT2D eigenvalue weighted by molar-refractivity contribution is 5.12. The van der Waals surface area contributed by atoms with Crippen molar-refractivity contribution in [3.63, 3.8) is 0 Å². The molecule has 0 aliphatic carbocycles. The van der Waals surface area contributed by atoms with Crippen LogP contribution in [0.25, 0.3) is 0 Å². The summed E-state index contributed by atoms with van der Waals surface area (Å²) < 4.78 is 0. The summed E-state index contributed by atoms with van der Waals surface area (Å²) in [6.07, 6.45) is 13.4. The fourth-order valence-electron chi connectivity index (χ4n) is 2.56. The molecule has 0 fully saturated rings. The molecule has 0 spiro atoms. The molecule has 0 aromatic heterocycles. The van der Waals surface area contributed by atoms with Crippen LogP contribution in [0.2, 0.25) is 0 Å². The summed E-state index contributed by atoms with van der Waals surface area (Å²) in [5.74, 6) is 0. The van der Waals surface area contributed by atoms with Gasteiger partial charge in [-0.15, -0.1) is 13.2 Å². The minimum atomic E-state index is 0.0934. The van der Waals surface area contributed by atoms with Crippen LogP contribution in [0, 0.1) is 10.8 Å². The molecule has 0 aliphatic rings. The fraction of sp³-hybridized carbons (Fsp3) is 0.600. The van der Waals surface area contributed by atoms with Crippen molar-refractivity contribution in [3.8, 4) is 0 Å². The summed E-state index contributed by atoms with van der Waals surface area (Å²) in [5.41, 5.74) is 2.97. The Bertz CT molecular complexity index is 337. The van der Waals surface area contributed by atoms with E-state index in [-0.39, 0.29) is 10.8 Å². The summed E-state index contributed by atoms with van der Waals surface area (Å²) in [6.45, 7) is 21.5. The Morgan fingerprint density at radius 1 is 0.750 bits per heavy atom. The second kappa shape index (κ2) is 8.29. The van der Waals surface area contributed by atoms with Crippen LogP contribution in [0.4, 0.5) is 0 Å². The van der Waals surface area contributed by atoms with Crippen LogP contribution in [0.5, 0.6) is 0 Å². The predicted octanol–water partition coefficient (Wildman–Crippen LogP) is 6.86. The highest BCUT2D eigenvalue weighted by atomic mass is 14.4. The molecule has 0 nitrogen and oxygen atoms in total. The van der Waals surface area contributed by atoms with Crippen molar-refractivity contribution in [1.29, 1.82) is 0 Å². The Morgan fingerprint density at radius 3 is 1.25 bits per heavy atom. The van der Waals surface area contributed by atoms with Crippen LogP contribution in [-0.2, 0) is 0 Å². The molecule has 0 rings (SSSR count). The fourth-order valence-corrected chi connectivity index (χ4v) is 2.56. The Balaban J connectivity index is 5.00. The Kier molecular flexibility index (Phi) is 7.86. The molecule has 0 saturated carbocycles. The second-order valence-corrected chi connectivity index (χ2v) is 6.88. The van der Waals surface area contributed by atoms with Gasteiger partial charge in [-0.25, -0.2) is 0 Å². The molecule has 0 amide bonds. The van der Waals surface area contributed by atoms with Crippen molar-refractivity contribution in [3.05, 3.63) is 48.6 Å². The minimum Gasteiger partial charge on any atom is -0.103 e. The number of hydrogen-bond donors (Lipinski definition) is 0. The van der Waals surface area contributed by atoms with Gasteiger partial charge in [-0.2, -0.15) is 0 Å². The summed E-state index contributed by atoms with van der Waals surface area (Å²) in [6, 6.07) is 0. The van der Waals surface area contributed by atoms with Crippen molar-refractivity contribution >= 4 is 0 Å². The number of rotatable bonds is 9. The van der Waals surface area contributed by atoms with Crippen molar-refractivity contribution in [2.75, 3.05) is 0 Å². The van der Waals surface area contributed by atoms with Gasteiger partial charge >= 0.3 is 0 Å². The van der Waals surface area contributed by atoms with Gasteiger partial charge in [-0.05, 0) is 64.2 Å². The molecule has 0 aromatic carbocycles. The van der Waals surface area contributed by atoms with E-state index in [0.29, 0.717) is 0 Å². The van der Waals surface area contributed by atoms with E-state index in [1.54, 1.807) is 0 Å². The average molecular weight is 274 g/mol. The lowest BCUT2D eigenvalue weighted by Crippen LogP contribution is -2.34. The van der Waals surface area contributed by atoms with E-state index in [1.807, 2.05) is 0 Å². The third-order valence-electron chi connectivity index (χ3n) is 4.64. The maximum atomic E-state index is 4.10. The van der Waals surface area contributed by atoms with E-state index in [4.69, 9.17) is 0 Å². The molecular weight excluding hydrogens is 240 g/mol. The van der Waals surface area contributed by atoms with Gasteiger partial charge in [0.1, 0.15) is 0 Å². The summed E-state index contributed by atoms with van der Waals surface area (Å²) in [5, 5.41) is 0. The molecule has 2 unspecified atom stereocenters. The number of hydrogen-bond acceptors (Lipinski definition) is 0. The van der Waals surface area contributed by atoms with Gasteiger partial charge in [-0.1, -0.05) is 49.3 Å². The summed E-state index contributed by atoms with van der Waals surface area (Å²) in [4.78, 5) is 0. The quantitative estimate of drug-likeness (QED) is 0.403. The Labute approximate surface area is 127 Å². The van der Waals surface area contributed by atoms with Gasteiger partial charge < -0.3 is 0 Å². The smallest absolute Gasteiger partial charge is 0.00580 e. The first-order chi connectivity index (χ1) is 9.20. The van der Waals surface area contributed by atoms with Gasteiger partial charge in [0, 0.05) is 0 Å². The lowest BCUT2D eigenvalue weighted by Gasteiger charge is -2.43. The van der Waals surface area contributed by atoms with E-state index < -0.39 is 0 Å². The third-order valence-corrected chi connectivity index (χ3v) is 4.64. The molecule has 0 saturated heterocycles. The van der Waals surface area contributed by atoms with Crippen molar-refractivity contribution in [2.45, 2.75) is 67.2 Å². The maximum Gasteiger partial charge on any atom is -0.00580 e. The van der Waals surface area contributed by atoms with Crippen LogP contribution in [0.3, 0.4) is 0 Å². The summed E-state index contributed by atoms with van der Waals surface area (Å²) >= 11 is 0. The van der Waals surface area contributed by atoms with Gasteiger partial charge in [0.05, 0.1) is 0 Å². The van der Waals surface area contributed by atoms with E-state index in [0.717, 1.165) is 25.7 Å². The molecule has 0 radical (unpaired) electrons. The first-order valence-corrected chi connectivity index (χ1v) is 7.74. The molecule has 2 atom stereocenters. The minimum absolute atomic E-state index is 0.0934. The van der Waals surface area contributed by atoms with Gasteiger partial charge in [0.2, 0.25) is 0 Å². The zero-order valence-electron chi connectivity index (χ0n) is 14.6. The van der Waals surface area contributed by atoms with E-state index >= 15 is 0 Å². The zero-order chi connectivity index (χ0) is 15.8. The average Bonchev–Trinajstić information content (AvgIpc) is 2.37. The Hall–Kier alpha value is -1.04. The van der Waals surface area contributed by atoms with Crippen LogP contribution in [0.1, 0.15) is 67.2 Å². The first-order valence-electron chi connectivity index (χ1n) is 7.74. The highest BCUT2D eigenvalue weighted by Gasteiger charge is 2.38. The van der Waals surface area contributed by atoms with Gasteiger partial charge in [-0.3, -0.25) is 0 Å². The molecule has 0 heterocycles. The third kappa shape index (κ3) is 5.53. The second-order valence-electron chi connectivity index (χ2n) is 6.88. The molecular formula is C20H34. The topological polar surface area (TPSA) is 0 Å². The van der Waals surface area contributed by atoms with E-state index in [2.05, 4.69) is 79.0 Å². The maximum absolute atomic E-state index is 4.10. The van der Waals surface area contributed by atoms with Crippen molar-refractivity contribution in [1.82, 2.24) is 0 Å². The molecule has 0 aliphatic heterocycles. The molecule has 20 heavy (non-hydrogen) atoms. The van der Waals surface area contributed by atoms with Crippen LogP contribution in [-0.4, -0.2) is 0 Å². The van der Waals surface area contributed by atoms with E-state index in [1.165, 1.54) is 11.1 Å². The molecule has 0 N–H and O–H groups in total. The van der Waals surface area contributed by atoms with Gasteiger partial charge in [0.15, 0.2) is 0 Å². The summed E-state index contributed by atoms with van der Waals surface area (Å²) in [7, 11) is 0. The molecule has 0 heteroatoms. The van der Waals surface area contributed by atoms with Crippen LogP contribution in [0.15, 0.2) is 48.6 Å². The van der Waals surface area contributed by atoms with Crippen molar-refractivity contribution in [2.24, 2.45) is 10.8 Å². The molecule has 114 valence electrons. The van der Waals surface area contributed by atoms with Crippen LogP contribution >= 0.6 is 0 Å². The van der Waals surface area contributed by atoms with Gasteiger partial charge in [0.25, 0.3) is 0 Å². The lowest BCUT2D eigenvalue weighted by molar-refractivity contribution is 0.157. The first kappa shape index (κ1) is 19.0. The zero-order valence-corrected chi connectivity index (χ0v) is 14.6. The normalized spacial score (nSPS) is 16.5. The number of allylic oxidation sites excluding steroid dienone is 6. The molecule has 0 bridgehead atoms. The predicted molar refractivity (Wildman–Crippen MR) is 93.9 cm³/mol. The molecule has 0 aromatic rings. The Morgan fingerprint density at radius 2 is 1.05 bits per heavy atom. The monoisotopic (exact) mass is 274 g/mol. The lowest BCUT2D eigenvalue weighted by atomic mass is 9.61. The van der Waals surface area contributed by atoms with Crippen molar-refractivity contribution < 1.29 is 0 Å².